The fourth-order valence-corrected chi connectivity index (χ4v) is 4.41. The molecule has 2 heterocycles. The average molecular weight is 293 g/mol. The van der Waals surface area contributed by atoms with E-state index in [0.717, 1.165) is 25.9 Å². The van der Waals surface area contributed by atoms with Gasteiger partial charge in [0.2, 0.25) is 9.84 Å². The Morgan fingerprint density at radius 1 is 1.25 bits per heavy atom. The number of carbonyl (C=O) groups is 1. The van der Waals surface area contributed by atoms with Crippen LogP contribution in [0.1, 0.15) is 28.8 Å². The molecule has 0 bridgehead atoms. The summed E-state index contributed by atoms with van der Waals surface area (Å²) in [6.07, 6.45) is 3.69. The van der Waals surface area contributed by atoms with E-state index in [9.17, 15) is 13.2 Å². The van der Waals surface area contributed by atoms with Gasteiger partial charge in [0.05, 0.1) is 15.4 Å². The molecule has 0 unspecified atom stereocenters. The predicted octanol–water partition coefficient (Wildman–Crippen LogP) is 1.61. The maximum absolute atomic E-state index is 12.5. The number of aromatic carboxylic acids is 1. The number of carboxylic acid groups (broad SMARTS) is 1. The van der Waals surface area contributed by atoms with Gasteiger partial charge >= 0.3 is 5.97 Å². The molecule has 5 nitrogen and oxygen atoms in total. The zero-order valence-corrected chi connectivity index (χ0v) is 11.7. The van der Waals surface area contributed by atoms with Gasteiger partial charge in [-0.3, -0.25) is 4.90 Å². The Labute approximate surface area is 117 Å². The predicted molar refractivity (Wildman–Crippen MR) is 74.2 cm³/mol. The van der Waals surface area contributed by atoms with Gasteiger partial charge in [0, 0.05) is 12.1 Å². The third kappa shape index (κ3) is 2.05. The van der Waals surface area contributed by atoms with Crippen molar-refractivity contribution in [1.82, 2.24) is 4.90 Å². The van der Waals surface area contributed by atoms with Crippen molar-refractivity contribution in [2.24, 2.45) is 0 Å². The molecule has 0 spiro atoms. The molecule has 0 amide bonds. The highest BCUT2D eigenvalue weighted by atomic mass is 32.2. The van der Waals surface area contributed by atoms with Crippen molar-refractivity contribution in [2.75, 3.05) is 19.6 Å². The lowest BCUT2D eigenvalue weighted by molar-refractivity contribution is 0.0696. The van der Waals surface area contributed by atoms with Gasteiger partial charge < -0.3 is 5.11 Å². The molecule has 2 aliphatic rings. The summed E-state index contributed by atoms with van der Waals surface area (Å²) in [4.78, 5) is 13.7. The molecule has 0 radical (unpaired) electrons. The maximum Gasteiger partial charge on any atom is 0.336 e. The van der Waals surface area contributed by atoms with Gasteiger partial charge in [-0.2, -0.15) is 0 Å². The molecule has 1 aromatic rings. The van der Waals surface area contributed by atoms with E-state index in [-0.39, 0.29) is 10.5 Å². The summed E-state index contributed by atoms with van der Waals surface area (Å²) >= 11 is 0. The summed E-state index contributed by atoms with van der Waals surface area (Å²) < 4.78 is 24.9. The number of sulfone groups is 1. The molecule has 1 N–H and O–H groups in total. The first-order valence-corrected chi connectivity index (χ1v) is 8.03. The molecular weight excluding hydrogens is 278 g/mol. The number of likely N-dealkylation sites (tertiary alicyclic amines) is 1. The van der Waals surface area contributed by atoms with Gasteiger partial charge in [-0.15, -0.1) is 0 Å². The second kappa shape index (κ2) is 4.71. The molecule has 0 aromatic heterocycles. The second-order valence-corrected chi connectivity index (χ2v) is 7.09. The monoisotopic (exact) mass is 293 g/mol. The van der Waals surface area contributed by atoms with E-state index in [4.69, 9.17) is 5.11 Å². The van der Waals surface area contributed by atoms with Crippen molar-refractivity contribution < 1.29 is 18.3 Å². The van der Waals surface area contributed by atoms with E-state index >= 15 is 0 Å². The topological polar surface area (TPSA) is 74.7 Å². The first kappa shape index (κ1) is 13.3. The molecule has 20 heavy (non-hydrogen) atoms. The number of carboxylic acids is 1. The molecule has 2 aliphatic heterocycles. The minimum Gasteiger partial charge on any atom is -0.478 e. The molecule has 6 heteroatoms. The molecule has 1 saturated heterocycles. The van der Waals surface area contributed by atoms with Crippen LogP contribution in [0.3, 0.4) is 0 Å². The average Bonchev–Trinajstić information content (AvgIpc) is 2.98. The normalized spacial score (nSPS) is 20.7. The number of rotatable bonds is 3. The number of benzene rings is 1. The van der Waals surface area contributed by atoms with Gasteiger partial charge in [0.15, 0.2) is 0 Å². The van der Waals surface area contributed by atoms with E-state index in [0.29, 0.717) is 17.0 Å². The van der Waals surface area contributed by atoms with Crippen LogP contribution >= 0.6 is 0 Å². The van der Waals surface area contributed by atoms with Crippen molar-refractivity contribution in [2.45, 2.75) is 17.7 Å². The summed E-state index contributed by atoms with van der Waals surface area (Å²) in [6, 6.07) is 4.39. The van der Waals surface area contributed by atoms with E-state index in [2.05, 4.69) is 4.90 Å². The Hall–Kier alpha value is -1.66. The summed E-state index contributed by atoms with van der Waals surface area (Å²) in [5, 5.41) is 9.16. The molecule has 1 fully saturated rings. The van der Waals surface area contributed by atoms with E-state index in [1.807, 2.05) is 0 Å². The van der Waals surface area contributed by atoms with Gasteiger partial charge in [0.1, 0.15) is 0 Å². The van der Waals surface area contributed by atoms with Gasteiger partial charge in [-0.05, 0) is 44.1 Å². The van der Waals surface area contributed by atoms with E-state index in [1.54, 1.807) is 0 Å². The van der Waals surface area contributed by atoms with Gasteiger partial charge in [-0.25, -0.2) is 13.2 Å². The Kier molecular flexibility index (Phi) is 3.14. The second-order valence-electron chi connectivity index (χ2n) is 5.12. The van der Waals surface area contributed by atoms with Crippen LogP contribution in [-0.2, 0) is 9.84 Å². The minimum absolute atomic E-state index is 0.0440. The maximum atomic E-state index is 12.5. The van der Waals surface area contributed by atoms with Crippen LogP contribution in [0.15, 0.2) is 28.0 Å². The Morgan fingerprint density at radius 3 is 2.60 bits per heavy atom. The summed E-state index contributed by atoms with van der Waals surface area (Å²) in [6.45, 7) is 2.17. The zero-order valence-electron chi connectivity index (χ0n) is 10.9. The zero-order chi connectivity index (χ0) is 14.3. The summed E-state index contributed by atoms with van der Waals surface area (Å²) in [5.41, 5.74) is 0.358. The molecule has 0 atom stereocenters. The summed E-state index contributed by atoms with van der Waals surface area (Å²) in [7, 11) is -3.53. The van der Waals surface area contributed by atoms with Crippen LogP contribution in [0.25, 0.3) is 6.08 Å². The number of fused-ring (bicyclic) bond motifs is 1. The standard InChI is InChI=1S/C14H15NO4S/c16-14(17)11-4-3-5-13-12(11)8-10(20(13,18)19)9-15-6-1-2-7-15/h3-5,8H,1-2,6-7,9H2,(H,16,17). The molecule has 0 saturated carbocycles. The van der Waals surface area contributed by atoms with Crippen LogP contribution in [0.4, 0.5) is 0 Å². The highest BCUT2D eigenvalue weighted by Crippen LogP contribution is 2.35. The molecule has 0 aliphatic carbocycles. The van der Waals surface area contributed by atoms with Crippen molar-refractivity contribution in [3.63, 3.8) is 0 Å². The largest absolute Gasteiger partial charge is 0.478 e. The highest BCUT2D eigenvalue weighted by molar-refractivity contribution is 7.95. The van der Waals surface area contributed by atoms with Crippen LogP contribution in [0, 0.1) is 0 Å². The van der Waals surface area contributed by atoms with Gasteiger partial charge in [-0.1, -0.05) is 6.07 Å². The van der Waals surface area contributed by atoms with Crippen molar-refractivity contribution in [3.05, 3.63) is 34.2 Å². The number of hydrogen-bond donors (Lipinski definition) is 1. The van der Waals surface area contributed by atoms with E-state index < -0.39 is 15.8 Å². The highest BCUT2D eigenvalue weighted by Gasteiger charge is 2.33. The lowest BCUT2D eigenvalue weighted by Crippen LogP contribution is -2.23. The fourth-order valence-electron chi connectivity index (χ4n) is 2.79. The SMILES string of the molecule is O=C(O)c1cccc2c1C=C(CN1CCCC1)S2(=O)=O. The van der Waals surface area contributed by atoms with Crippen molar-refractivity contribution >= 4 is 21.9 Å². The van der Waals surface area contributed by atoms with Crippen molar-refractivity contribution in [3.8, 4) is 0 Å². The lowest BCUT2D eigenvalue weighted by Gasteiger charge is -2.14. The first-order valence-electron chi connectivity index (χ1n) is 6.54. The third-order valence-corrected chi connectivity index (χ3v) is 5.69. The van der Waals surface area contributed by atoms with E-state index in [1.165, 1.54) is 24.3 Å². The van der Waals surface area contributed by atoms with Crippen LogP contribution in [0.5, 0.6) is 0 Å². The number of nitrogens with zero attached hydrogens (tertiary/aromatic N) is 1. The quantitative estimate of drug-likeness (QED) is 0.916. The number of hydrogen-bond acceptors (Lipinski definition) is 4. The Balaban J connectivity index is 2.03. The Morgan fingerprint density at radius 2 is 1.95 bits per heavy atom. The minimum atomic E-state index is -3.53. The molecular formula is C14H15NO4S. The smallest absolute Gasteiger partial charge is 0.336 e. The summed E-state index contributed by atoms with van der Waals surface area (Å²) in [5.74, 6) is -1.10. The molecule has 106 valence electrons. The van der Waals surface area contributed by atoms with Crippen LogP contribution < -0.4 is 0 Å². The first-order chi connectivity index (χ1) is 9.50. The van der Waals surface area contributed by atoms with Crippen LogP contribution in [-0.4, -0.2) is 44.0 Å². The van der Waals surface area contributed by atoms with Gasteiger partial charge in [0.25, 0.3) is 0 Å². The Bertz CT molecular complexity index is 700. The molecule has 1 aromatic carbocycles. The third-order valence-electron chi connectivity index (χ3n) is 3.81. The lowest BCUT2D eigenvalue weighted by atomic mass is 10.1. The molecule has 3 rings (SSSR count). The van der Waals surface area contributed by atoms with Crippen LogP contribution in [0.2, 0.25) is 0 Å². The van der Waals surface area contributed by atoms with Crippen molar-refractivity contribution in [1.29, 1.82) is 0 Å². The fraction of sp³-hybridized carbons (Fsp3) is 0.357.